The number of hydrogen-bond acceptors (Lipinski definition) is 2. The zero-order chi connectivity index (χ0) is 17.7. The Bertz CT molecular complexity index is 594. The first-order chi connectivity index (χ1) is 11.3. The van der Waals surface area contributed by atoms with Crippen molar-refractivity contribution in [3.8, 4) is 0 Å². The lowest BCUT2D eigenvalue weighted by Gasteiger charge is -2.32. The third-order valence-corrected chi connectivity index (χ3v) is 4.27. The van der Waals surface area contributed by atoms with Gasteiger partial charge in [0.1, 0.15) is 0 Å². The Balaban J connectivity index is 1.74. The Morgan fingerprint density at radius 3 is 2.42 bits per heavy atom. The van der Waals surface area contributed by atoms with E-state index in [4.69, 9.17) is 0 Å². The Hall–Kier alpha value is -2.05. The zero-order valence-corrected chi connectivity index (χ0v) is 13.5. The predicted octanol–water partition coefficient (Wildman–Crippen LogP) is 2.60. The van der Waals surface area contributed by atoms with Crippen LogP contribution in [-0.2, 0) is 16.0 Å². The van der Waals surface area contributed by atoms with E-state index in [1.54, 1.807) is 0 Å². The molecule has 0 aromatic heterocycles. The molecular formula is C17H21F3N2O2. The van der Waals surface area contributed by atoms with E-state index in [2.05, 4.69) is 5.32 Å². The minimum absolute atomic E-state index is 0.0150. The highest BCUT2D eigenvalue weighted by Gasteiger charge is 2.43. The lowest BCUT2D eigenvalue weighted by Crippen LogP contribution is -2.50. The van der Waals surface area contributed by atoms with Crippen LogP contribution in [0.25, 0.3) is 0 Å². The molecule has 1 N–H and O–H groups in total. The van der Waals surface area contributed by atoms with Crippen LogP contribution in [0.2, 0.25) is 0 Å². The summed E-state index contributed by atoms with van der Waals surface area (Å²) in [4.78, 5) is 24.0. The smallest absolute Gasteiger partial charge is 0.353 e. The molecule has 0 aliphatic carbocycles. The van der Waals surface area contributed by atoms with Gasteiger partial charge in [-0.2, -0.15) is 13.2 Å². The number of halogens is 3. The van der Waals surface area contributed by atoms with Crippen LogP contribution in [0.4, 0.5) is 13.2 Å². The molecule has 24 heavy (non-hydrogen) atoms. The van der Waals surface area contributed by atoms with Crippen molar-refractivity contribution in [2.75, 3.05) is 13.1 Å². The summed E-state index contributed by atoms with van der Waals surface area (Å²) in [6.45, 7) is 2.02. The van der Waals surface area contributed by atoms with E-state index in [1.165, 1.54) is 0 Å². The number of rotatable bonds is 4. The standard InChI is InChI=1S/C17H21F3N2O2/c1-12-4-2-3-5-13(12)6-7-15(23)21-14-8-10-22(11-9-14)16(24)17(18,19)20/h2-5,14H,6-11H2,1H3,(H,21,23). The van der Waals surface area contributed by atoms with Gasteiger partial charge in [0.25, 0.3) is 0 Å². The number of aryl methyl sites for hydroxylation is 2. The summed E-state index contributed by atoms with van der Waals surface area (Å²) in [5.41, 5.74) is 2.24. The van der Waals surface area contributed by atoms with Gasteiger partial charge in [-0.3, -0.25) is 9.59 Å². The van der Waals surface area contributed by atoms with E-state index in [-0.39, 0.29) is 25.0 Å². The lowest BCUT2D eigenvalue weighted by molar-refractivity contribution is -0.186. The van der Waals surface area contributed by atoms with Gasteiger partial charge in [-0.15, -0.1) is 0 Å². The number of piperidine rings is 1. The number of amides is 2. The van der Waals surface area contributed by atoms with E-state index in [9.17, 15) is 22.8 Å². The zero-order valence-electron chi connectivity index (χ0n) is 13.5. The molecule has 0 radical (unpaired) electrons. The van der Waals surface area contributed by atoms with Gasteiger partial charge in [-0.1, -0.05) is 24.3 Å². The van der Waals surface area contributed by atoms with Crippen LogP contribution in [0.3, 0.4) is 0 Å². The van der Waals surface area contributed by atoms with E-state index in [0.29, 0.717) is 25.7 Å². The number of benzene rings is 1. The van der Waals surface area contributed by atoms with Crippen molar-refractivity contribution in [1.82, 2.24) is 10.2 Å². The second kappa shape index (κ2) is 7.68. The monoisotopic (exact) mass is 342 g/mol. The molecule has 1 saturated heterocycles. The summed E-state index contributed by atoms with van der Waals surface area (Å²) in [5, 5.41) is 2.85. The van der Waals surface area contributed by atoms with Crippen molar-refractivity contribution in [2.45, 2.75) is 44.8 Å². The SMILES string of the molecule is Cc1ccccc1CCC(=O)NC1CCN(C(=O)C(F)(F)F)CC1. The summed E-state index contributed by atoms with van der Waals surface area (Å²) >= 11 is 0. The molecule has 0 bridgehead atoms. The van der Waals surface area contributed by atoms with E-state index >= 15 is 0 Å². The van der Waals surface area contributed by atoms with Gasteiger partial charge in [-0.25, -0.2) is 0 Å². The van der Waals surface area contributed by atoms with Crippen LogP contribution >= 0.6 is 0 Å². The highest BCUT2D eigenvalue weighted by molar-refractivity contribution is 5.82. The molecule has 0 saturated carbocycles. The highest BCUT2D eigenvalue weighted by Crippen LogP contribution is 2.21. The quantitative estimate of drug-likeness (QED) is 0.914. The number of nitrogens with one attached hydrogen (secondary N) is 1. The molecule has 0 spiro atoms. The molecule has 0 atom stereocenters. The number of nitrogens with zero attached hydrogens (tertiary/aromatic N) is 1. The van der Waals surface area contributed by atoms with Crippen LogP contribution in [-0.4, -0.2) is 42.0 Å². The van der Waals surface area contributed by atoms with Crippen molar-refractivity contribution >= 4 is 11.8 Å². The van der Waals surface area contributed by atoms with Gasteiger partial charge in [-0.05, 0) is 37.3 Å². The molecule has 1 aliphatic heterocycles. The molecule has 1 fully saturated rings. The first-order valence-corrected chi connectivity index (χ1v) is 7.97. The number of alkyl halides is 3. The minimum atomic E-state index is -4.83. The number of carbonyl (C=O) groups is 2. The van der Waals surface area contributed by atoms with Crippen LogP contribution < -0.4 is 5.32 Å². The Morgan fingerprint density at radius 1 is 1.21 bits per heavy atom. The minimum Gasteiger partial charge on any atom is -0.353 e. The molecule has 1 heterocycles. The first-order valence-electron chi connectivity index (χ1n) is 7.97. The van der Waals surface area contributed by atoms with Gasteiger partial charge in [0.2, 0.25) is 5.91 Å². The molecule has 132 valence electrons. The summed E-state index contributed by atoms with van der Waals surface area (Å²) in [7, 11) is 0. The summed E-state index contributed by atoms with van der Waals surface area (Å²) < 4.78 is 37.1. The van der Waals surface area contributed by atoms with Gasteiger partial charge >= 0.3 is 12.1 Å². The molecule has 7 heteroatoms. The van der Waals surface area contributed by atoms with Crippen molar-refractivity contribution in [2.24, 2.45) is 0 Å². The van der Waals surface area contributed by atoms with Crippen molar-refractivity contribution in [1.29, 1.82) is 0 Å². The first kappa shape index (κ1) is 18.3. The molecule has 1 aromatic rings. The maximum atomic E-state index is 12.4. The molecule has 1 aromatic carbocycles. The summed E-state index contributed by atoms with van der Waals surface area (Å²) in [6, 6.07) is 7.65. The van der Waals surface area contributed by atoms with Crippen LogP contribution in [0.1, 0.15) is 30.4 Å². The van der Waals surface area contributed by atoms with E-state index in [0.717, 1.165) is 16.0 Å². The maximum absolute atomic E-state index is 12.4. The predicted molar refractivity (Wildman–Crippen MR) is 83.3 cm³/mol. The highest BCUT2D eigenvalue weighted by atomic mass is 19.4. The topological polar surface area (TPSA) is 49.4 Å². The lowest BCUT2D eigenvalue weighted by atomic mass is 10.0. The second-order valence-corrected chi connectivity index (χ2v) is 6.06. The fourth-order valence-corrected chi connectivity index (χ4v) is 2.84. The van der Waals surface area contributed by atoms with Crippen molar-refractivity contribution < 1.29 is 22.8 Å². The van der Waals surface area contributed by atoms with Crippen molar-refractivity contribution in [3.05, 3.63) is 35.4 Å². The maximum Gasteiger partial charge on any atom is 0.471 e. The molecule has 2 rings (SSSR count). The molecule has 2 amide bonds. The average Bonchev–Trinajstić information content (AvgIpc) is 2.53. The van der Waals surface area contributed by atoms with Crippen LogP contribution in [0.5, 0.6) is 0 Å². The van der Waals surface area contributed by atoms with E-state index in [1.807, 2.05) is 31.2 Å². The van der Waals surface area contributed by atoms with Crippen LogP contribution in [0.15, 0.2) is 24.3 Å². The number of carbonyl (C=O) groups excluding carboxylic acids is 2. The summed E-state index contributed by atoms with van der Waals surface area (Å²) in [6.07, 6.45) is -3.17. The van der Waals surface area contributed by atoms with E-state index < -0.39 is 12.1 Å². The fourth-order valence-electron chi connectivity index (χ4n) is 2.84. The number of likely N-dealkylation sites (tertiary alicyclic amines) is 1. The van der Waals surface area contributed by atoms with Gasteiger partial charge in [0, 0.05) is 25.6 Å². The molecule has 0 unspecified atom stereocenters. The fraction of sp³-hybridized carbons (Fsp3) is 0.529. The Kier molecular flexibility index (Phi) is 5.85. The second-order valence-electron chi connectivity index (χ2n) is 6.06. The average molecular weight is 342 g/mol. The van der Waals surface area contributed by atoms with Crippen LogP contribution in [0, 0.1) is 6.92 Å². The van der Waals surface area contributed by atoms with Gasteiger partial charge in [0.15, 0.2) is 0 Å². The Morgan fingerprint density at radius 2 is 1.83 bits per heavy atom. The Labute approximate surface area is 139 Å². The molecule has 4 nitrogen and oxygen atoms in total. The van der Waals surface area contributed by atoms with Crippen molar-refractivity contribution in [3.63, 3.8) is 0 Å². The summed E-state index contributed by atoms with van der Waals surface area (Å²) in [5.74, 6) is -1.91. The third-order valence-electron chi connectivity index (χ3n) is 4.27. The number of hydrogen-bond donors (Lipinski definition) is 1. The van der Waals surface area contributed by atoms with Gasteiger partial charge in [0.05, 0.1) is 0 Å². The normalized spacial score (nSPS) is 16.1. The molecule has 1 aliphatic rings. The molecular weight excluding hydrogens is 321 g/mol. The van der Waals surface area contributed by atoms with Gasteiger partial charge < -0.3 is 10.2 Å². The largest absolute Gasteiger partial charge is 0.471 e. The third kappa shape index (κ3) is 4.97.